The number of hydrogen-bond acceptors (Lipinski definition) is 4. The lowest BCUT2D eigenvalue weighted by Gasteiger charge is -2.17. The number of rotatable bonds is 4. The maximum atomic E-state index is 12.5. The number of hydrogen-bond donors (Lipinski definition) is 1. The summed E-state index contributed by atoms with van der Waals surface area (Å²) in [6.45, 7) is 2.10. The first-order valence-electron chi connectivity index (χ1n) is 7.97. The van der Waals surface area contributed by atoms with Gasteiger partial charge >= 0.3 is 0 Å². The number of nitro groups is 1. The monoisotopic (exact) mass is 373 g/mol. The third-order valence-corrected chi connectivity index (χ3v) is 4.69. The van der Waals surface area contributed by atoms with E-state index in [1.807, 2.05) is 13.0 Å². The van der Waals surface area contributed by atoms with Crippen LogP contribution in [0.3, 0.4) is 0 Å². The molecule has 1 saturated heterocycles. The van der Waals surface area contributed by atoms with Crippen LogP contribution in [-0.4, -0.2) is 23.3 Å². The molecule has 1 N–H and O–H groups in total. The molecule has 1 aliphatic heterocycles. The Kier molecular flexibility index (Phi) is 4.90. The van der Waals surface area contributed by atoms with Crippen molar-refractivity contribution < 1.29 is 14.5 Å². The zero-order valence-corrected chi connectivity index (χ0v) is 14.7. The number of anilines is 2. The van der Waals surface area contributed by atoms with Crippen LogP contribution in [-0.2, 0) is 9.59 Å². The number of amides is 2. The lowest BCUT2D eigenvalue weighted by Crippen LogP contribution is -2.28. The fraction of sp³-hybridized carbons (Fsp3) is 0.222. The van der Waals surface area contributed by atoms with E-state index in [2.05, 4.69) is 5.32 Å². The van der Waals surface area contributed by atoms with Crippen LogP contribution < -0.4 is 10.2 Å². The van der Waals surface area contributed by atoms with Crippen molar-refractivity contribution in [1.29, 1.82) is 0 Å². The number of nitrogens with one attached hydrogen (secondary N) is 1. The molecule has 1 heterocycles. The van der Waals surface area contributed by atoms with E-state index in [0.717, 1.165) is 5.56 Å². The number of carbonyl (C=O) groups is 2. The first-order valence-corrected chi connectivity index (χ1v) is 8.35. The summed E-state index contributed by atoms with van der Waals surface area (Å²) in [5.41, 5.74) is 1.77. The molecule has 0 aliphatic carbocycles. The van der Waals surface area contributed by atoms with Crippen molar-refractivity contribution in [3.63, 3.8) is 0 Å². The second-order valence-electron chi connectivity index (χ2n) is 6.14. The molecule has 0 spiro atoms. The van der Waals surface area contributed by atoms with Gasteiger partial charge in [-0.2, -0.15) is 0 Å². The maximum Gasteiger partial charge on any atom is 0.271 e. The number of aryl methyl sites for hydroxylation is 1. The number of halogens is 1. The molecule has 2 amide bonds. The molecule has 0 unspecified atom stereocenters. The van der Waals surface area contributed by atoms with Gasteiger partial charge in [-0.05, 0) is 30.7 Å². The van der Waals surface area contributed by atoms with Crippen molar-refractivity contribution in [1.82, 2.24) is 0 Å². The second-order valence-corrected chi connectivity index (χ2v) is 6.54. The molecule has 0 aromatic heterocycles. The smallest absolute Gasteiger partial charge is 0.271 e. The summed E-state index contributed by atoms with van der Waals surface area (Å²) in [4.78, 5) is 36.6. The molecule has 2 aromatic carbocycles. The van der Waals surface area contributed by atoms with Gasteiger partial charge in [0.05, 0.1) is 10.8 Å². The highest BCUT2D eigenvalue weighted by Gasteiger charge is 2.35. The van der Waals surface area contributed by atoms with E-state index >= 15 is 0 Å². The molecular weight excluding hydrogens is 358 g/mol. The summed E-state index contributed by atoms with van der Waals surface area (Å²) >= 11 is 6.11. The van der Waals surface area contributed by atoms with Crippen LogP contribution in [0.1, 0.15) is 12.0 Å². The molecule has 1 aliphatic rings. The molecule has 2 aromatic rings. The fourth-order valence-corrected chi connectivity index (χ4v) is 3.00. The van der Waals surface area contributed by atoms with Crippen molar-refractivity contribution in [2.75, 3.05) is 16.8 Å². The van der Waals surface area contributed by atoms with Crippen molar-refractivity contribution in [2.45, 2.75) is 13.3 Å². The Morgan fingerprint density at radius 2 is 2.08 bits per heavy atom. The van der Waals surface area contributed by atoms with Crippen LogP contribution in [0.5, 0.6) is 0 Å². The molecule has 1 fully saturated rings. The summed E-state index contributed by atoms with van der Waals surface area (Å²) < 4.78 is 0. The molecule has 0 radical (unpaired) electrons. The Hall–Kier alpha value is -2.93. The number of nitro benzene ring substituents is 1. The van der Waals surface area contributed by atoms with Crippen LogP contribution in [0.15, 0.2) is 42.5 Å². The van der Waals surface area contributed by atoms with Crippen molar-refractivity contribution in [3.05, 3.63) is 63.2 Å². The van der Waals surface area contributed by atoms with E-state index < -0.39 is 10.8 Å². The number of benzene rings is 2. The summed E-state index contributed by atoms with van der Waals surface area (Å²) in [7, 11) is 0. The minimum absolute atomic E-state index is 0.0757. The highest BCUT2D eigenvalue weighted by Crippen LogP contribution is 2.29. The van der Waals surface area contributed by atoms with Gasteiger partial charge in [0.2, 0.25) is 11.8 Å². The molecule has 7 nitrogen and oxygen atoms in total. The number of nitrogens with zero attached hydrogens (tertiary/aromatic N) is 2. The third kappa shape index (κ3) is 3.67. The lowest BCUT2D eigenvalue weighted by atomic mass is 10.1. The largest absolute Gasteiger partial charge is 0.326 e. The average molecular weight is 374 g/mol. The Morgan fingerprint density at radius 3 is 2.77 bits per heavy atom. The highest BCUT2D eigenvalue weighted by molar-refractivity contribution is 6.31. The number of non-ortho nitro benzene ring substituents is 1. The summed E-state index contributed by atoms with van der Waals surface area (Å²) in [6.07, 6.45) is 0.0757. The topological polar surface area (TPSA) is 92.6 Å². The maximum absolute atomic E-state index is 12.5. The molecule has 134 valence electrons. The molecule has 1 atom stereocenters. The molecule has 0 bridgehead atoms. The minimum atomic E-state index is -0.540. The molecule has 3 rings (SSSR count). The van der Waals surface area contributed by atoms with Crippen LogP contribution in [0, 0.1) is 23.0 Å². The van der Waals surface area contributed by atoms with Gasteiger partial charge in [0.15, 0.2) is 0 Å². The van der Waals surface area contributed by atoms with E-state index in [9.17, 15) is 19.7 Å². The summed E-state index contributed by atoms with van der Waals surface area (Å²) in [5.74, 6) is -1.05. The molecule has 8 heteroatoms. The number of carbonyl (C=O) groups excluding carboxylic acids is 2. The van der Waals surface area contributed by atoms with Gasteiger partial charge in [-0.3, -0.25) is 19.7 Å². The Bertz CT molecular complexity index is 900. The third-order valence-electron chi connectivity index (χ3n) is 4.29. The van der Waals surface area contributed by atoms with Crippen LogP contribution in [0.4, 0.5) is 17.1 Å². The van der Waals surface area contributed by atoms with Crippen molar-refractivity contribution in [2.24, 2.45) is 5.92 Å². The molecule has 26 heavy (non-hydrogen) atoms. The van der Waals surface area contributed by atoms with Crippen LogP contribution in [0.2, 0.25) is 5.02 Å². The summed E-state index contributed by atoms with van der Waals surface area (Å²) in [6, 6.07) is 11.0. The standard InChI is InChI=1S/C18H16ClN3O4/c1-11-5-6-14(9-16(11)19)21-10-12(7-17(21)23)18(24)20-13-3-2-4-15(8-13)22(25)26/h2-6,8-9,12H,7,10H2,1H3,(H,20,24)/t12-/m1/s1. The van der Waals surface area contributed by atoms with Gasteiger partial charge in [0.1, 0.15) is 0 Å². The van der Waals surface area contributed by atoms with Gasteiger partial charge in [0.25, 0.3) is 5.69 Å². The van der Waals surface area contributed by atoms with E-state index in [4.69, 9.17) is 11.6 Å². The van der Waals surface area contributed by atoms with Gasteiger partial charge in [-0.15, -0.1) is 0 Å². The average Bonchev–Trinajstić information content (AvgIpc) is 2.99. The quantitative estimate of drug-likeness (QED) is 0.655. The second kappa shape index (κ2) is 7.13. The van der Waals surface area contributed by atoms with Crippen LogP contribution >= 0.6 is 11.6 Å². The SMILES string of the molecule is Cc1ccc(N2C[C@H](C(=O)Nc3cccc([N+](=O)[O-])c3)CC2=O)cc1Cl. The van der Waals surface area contributed by atoms with E-state index in [0.29, 0.717) is 16.4 Å². The van der Waals surface area contributed by atoms with Gasteiger partial charge in [0, 0.05) is 41.5 Å². The highest BCUT2D eigenvalue weighted by atomic mass is 35.5. The van der Waals surface area contributed by atoms with Gasteiger partial charge in [-0.25, -0.2) is 0 Å². The van der Waals surface area contributed by atoms with Crippen LogP contribution in [0.25, 0.3) is 0 Å². The first-order chi connectivity index (χ1) is 12.3. The lowest BCUT2D eigenvalue weighted by molar-refractivity contribution is -0.384. The van der Waals surface area contributed by atoms with Crippen molar-refractivity contribution in [3.8, 4) is 0 Å². The van der Waals surface area contributed by atoms with E-state index in [-0.39, 0.29) is 30.5 Å². The van der Waals surface area contributed by atoms with Crippen molar-refractivity contribution >= 4 is 40.5 Å². The zero-order chi connectivity index (χ0) is 18.8. The Balaban J connectivity index is 1.71. The Morgan fingerprint density at radius 1 is 1.31 bits per heavy atom. The predicted molar refractivity (Wildman–Crippen MR) is 98.4 cm³/mol. The van der Waals surface area contributed by atoms with Gasteiger partial charge in [-0.1, -0.05) is 23.7 Å². The normalized spacial score (nSPS) is 16.6. The molecular formula is C18H16ClN3O4. The van der Waals surface area contributed by atoms with Gasteiger partial charge < -0.3 is 10.2 Å². The first kappa shape index (κ1) is 17.9. The minimum Gasteiger partial charge on any atom is -0.326 e. The predicted octanol–water partition coefficient (Wildman–Crippen LogP) is 3.55. The Labute approximate surface area is 154 Å². The van der Waals surface area contributed by atoms with E-state index in [1.54, 1.807) is 18.2 Å². The molecule has 0 saturated carbocycles. The fourth-order valence-electron chi connectivity index (χ4n) is 2.82. The van der Waals surface area contributed by atoms with E-state index in [1.165, 1.54) is 23.1 Å². The summed E-state index contributed by atoms with van der Waals surface area (Å²) in [5, 5.41) is 14.0. The zero-order valence-electron chi connectivity index (χ0n) is 13.9.